The van der Waals surface area contributed by atoms with Crippen LogP contribution in [0.5, 0.6) is 0 Å². The molecule has 1 aliphatic carbocycles. The molecule has 0 saturated carbocycles. The molecule has 6 nitrogen and oxygen atoms in total. The summed E-state index contributed by atoms with van der Waals surface area (Å²) >= 11 is 3.13. The van der Waals surface area contributed by atoms with Gasteiger partial charge < -0.3 is 10.4 Å². The standard InChI is InChI=1S/C22H23N3O3S2/c26-18(24-21-19(22(27)28)13-6-1-3-9-16(13)29-21)12-25-11-5-8-15(25)20-23-14-7-2-4-10-17(14)30-20/h2,4,7,10,15H,1,3,5-6,8-9,11-12H2,(H,24,26)(H,27,28)/t15-/m1/s1. The Labute approximate surface area is 182 Å². The average molecular weight is 442 g/mol. The van der Waals surface area contributed by atoms with Crippen LogP contribution in [0.2, 0.25) is 0 Å². The van der Waals surface area contributed by atoms with Crippen LogP contribution in [0.1, 0.15) is 57.5 Å². The van der Waals surface area contributed by atoms with Gasteiger partial charge in [0.15, 0.2) is 0 Å². The molecule has 2 aliphatic rings. The van der Waals surface area contributed by atoms with E-state index in [4.69, 9.17) is 4.98 Å². The molecule has 5 rings (SSSR count). The van der Waals surface area contributed by atoms with Crippen molar-refractivity contribution < 1.29 is 14.7 Å². The zero-order valence-corrected chi connectivity index (χ0v) is 18.2. The zero-order chi connectivity index (χ0) is 20.7. The quantitative estimate of drug-likeness (QED) is 0.599. The van der Waals surface area contributed by atoms with Crippen LogP contribution >= 0.6 is 22.7 Å². The van der Waals surface area contributed by atoms with Gasteiger partial charge in [0.1, 0.15) is 10.0 Å². The first-order valence-electron chi connectivity index (χ1n) is 10.4. The molecule has 1 aromatic carbocycles. The molecule has 2 N–H and O–H groups in total. The van der Waals surface area contributed by atoms with Gasteiger partial charge in [-0.25, -0.2) is 9.78 Å². The van der Waals surface area contributed by atoms with Gasteiger partial charge in [-0.2, -0.15) is 0 Å². The monoisotopic (exact) mass is 441 g/mol. The van der Waals surface area contributed by atoms with E-state index in [0.29, 0.717) is 10.6 Å². The molecule has 0 bridgehead atoms. The number of amides is 1. The van der Waals surface area contributed by atoms with Crippen molar-refractivity contribution in [1.82, 2.24) is 9.88 Å². The highest BCUT2D eigenvalue weighted by Crippen LogP contribution is 2.39. The summed E-state index contributed by atoms with van der Waals surface area (Å²) in [6, 6.07) is 8.25. The molecular weight excluding hydrogens is 418 g/mol. The van der Waals surface area contributed by atoms with E-state index < -0.39 is 5.97 Å². The number of anilines is 1. The van der Waals surface area contributed by atoms with E-state index in [9.17, 15) is 14.7 Å². The summed E-state index contributed by atoms with van der Waals surface area (Å²) in [6.07, 6.45) is 5.80. The van der Waals surface area contributed by atoms with Gasteiger partial charge in [0, 0.05) is 4.88 Å². The predicted molar refractivity (Wildman–Crippen MR) is 120 cm³/mol. The number of likely N-dealkylation sites (tertiary alicyclic amines) is 1. The maximum absolute atomic E-state index is 12.8. The fraction of sp³-hybridized carbons (Fsp3) is 0.409. The van der Waals surface area contributed by atoms with Gasteiger partial charge in [-0.3, -0.25) is 9.69 Å². The number of carbonyl (C=O) groups is 2. The van der Waals surface area contributed by atoms with Crippen LogP contribution in [0.4, 0.5) is 5.00 Å². The Morgan fingerprint density at radius 2 is 2.00 bits per heavy atom. The molecule has 0 radical (unpaired) electrons. The maximum Gasteiger partial charge on any atom is 0.339 e. The normalized spacial score (nSPS) is 19.1. The minimum absolute atomic E-state index is 0.142. The van der Waals surface area contributed by atoms with Crippen LogP contribution in [-0.2, 0) is 17.6 Å². The van der Waals surface area contributed by atoms with Crippen LogP contribution in [-0.4, -0.2) is 40.0 Å². The van der Waals surface area contributed by atoms with Gasteiger partial charge in [0.25, 0.3) is 0 Å². The van der Waals surface area contributed by atoms with E-state index in [1.165, 1.54) is 16.0 Å². The van der Waals surface area contributed by atoms with Gasteiger partial charge in [-0.05, 0) is 62.8 Å². The third-order valence-electron chi connectivity index (χ3n) is 5.94. The fourth-order valence-corrected chi connectivity index (χ4v) is 6.99. The molecule has 3 aromatic rings. The molecule has 2 aromatic heterocycles. The van der Waals surface area contributed by atoms with Gasteiger partial charge >= 0.3 is 5.97 Å². The predicted octanol–water partition coefficient (Wildman–Crippen LogP) is 4.71. The summed E-state index contributed by atoms with van der Waals surface area (Å²) in [6.45, 7) is 1.10. The van der Waals surface area contributed by atoms with E-state index in [-0.39, 0.29) is 18.5 Å². The van der Waals surface area contributed by atoms with Gasteiger partial charge in [-0.15, -0.1) is 22.7 Å². The number of benzene rings is 1. The summed E-state index contributed by atoms with van der Waals surface area (Å²) in [5.74, 6) is -1.10. The number of carboxylic acids is 1. The lowest BCUT2D eigenvalue weighted by Gasteiger charge is -2.21. The van der Waals surface area contributed by atoms with Crippen molar-refractivity contribution in [3.63, 3.8) is 0 Å². The molecule has 1 atom stereocenters. The third kappa shape index (κ3) is 3.64. The Kier molecular flexibility index (Phi) is 5.30. The number of hydrogen-bond acceptors (Lipinski definition) is 6. The summed E-state index contributed by atoms with van der Waals surface area (Å²) < 4.78 is 1.17. The molecule has 0 spiro atoms. The molecule has 1 fully saturated rings. The number of nitrogens with one attached hydrogen (secondary N) is 1. The summed E-state index contributed by atoms with van der Waals surface area (Å²) in [5.41, 5.74) is 2.22. The second kappa shape index (κ2) is 8.09. The zero-order valence-electron chi connectivity index (χ0n) is 16.5. The van der Waals surface area contributed by atoms with Crippen molar-refractivity contribution in [3.05, 3.63) is 45.3 Å². The van der Waals surface area contributed by atoms with Crippen molar-refractivity contribution in [2.24, 2.45) is 0 Å². The Bertz CT molecular complexity index is 1090. The molecule has 1 aliphatic heterocycles. The number of aromatic carboxylic acids is 1. The van der Waals surface area contributed by atoms with Crippen LogP contribution < -0.4 is 5.32 Å². The van der Waals surface area contributed by atoms with Crippen molar-refractivity contribution in [2.45, 2.75) is 44.6 Å². The lowest BCUT2D eigenvalue weighted by molar-refractivity contribution is -0.117. The average Bonchev–Trinajstić information content (AvgIpc) is 3.43. The van der Waals surface area contributed by atoms with Crippen LogP contribution in [0.3, 0.4) is 0 Å². The highest BCUT2D eigenvalue weighted by atomic mass is 32.1. The molecular formula is C22H23N3O3S2. The molecule has 3 heterocycles. The highest BCUT2D eigenvalue weighted by molar-refractivity contribution is 7.18. The van der Waals surface area contributed by atoms with Crippen molar-refractivity contribution in [3.8, 4) is 0 Å². The molecule has 30 heavy (non-hydrogen) atoms. The van der Waals surface area contributed by atoms with E-state index >= 15 is 0 Å². The van der Waals surface area contributed by atoms with Gasteiger partial charge in [-0.1, -0.05) is 12.1 Å². The topological polar surface area (TPSA) is 82.5 Å². The number of carboxylic acid groups (broad SMARTS) is 1. The van der Waals surface area contributed by atoms with E-state index in [1.807, 2.05) is 18.2 Å². The van der Waals surface area contributed by atoms with E-state index in [1.54, 1.807) is 11.3 Å². The number of carbonyl (C=O) groups excluding carboxylic acids is 1. The first-order chi connectivity index (χ1) is 14.6. The Hall–Kier alpha value is -2.29. The number of thiazole rings is 1. The molecule has 8 heteroatoms. The molecule has 0 unspecified atom stereocenters. The fourth-order valence-electron chi connectivity index (χ4n) is 4.56. The van der Waals surface area contributed by atoms with Crippen molar-refractivity contribution in [2.75, 3.05) is 18.4 Å². The number of para-hydroxylation sites is 1. The minimum Gasteiger partial charge on any atom is -0.478 e. The van der Waals surface area contributed by atoms with Crippen LogP contribution in [0, 0.1) is 0 Å². The number of nitrogens with zero attached hydrogens (tertiary/aromatic N) is 2. The largest absolute Gasteiger partial charge is 0.478 e. The number of aryl methyl sites for hydroxylation is 1. The second-order valence-corrected chi connectivity index (χ2v) is 10.1. The van der Waals surface area contributed by atoms with E-state index in [2.05, 4.69) is 16.3 Å². The number of fused-ring (bicyclic) bond motifs is 2. The van der Waals surface area contributed by atoms with Crippen molar-refractivity contribution >= 4 is 49.8 Å². The summed E-state index contributed by atoms with van der Waals surface area (Å²) in [7, 11) is 0. The maximum atomic E-state index is 12.8. The van der Waals surface area contributed by atoms with E-state index in [0.717, 1.165) is 66.0 Å². The Morgan fingerprint density at radius 3 is 2.83 bits per heavy atom. The molecule has 156 valence electrons. The number of aromatic nitrogens is 1. The van der Waals surface area contributed by atoms with Crippen LogP contribution in [0.25, 0.3) is 10.2 Å². The van der Waals surface area contributed by atoms with Crippen molar-refractivity contribution in [1.29, 1.82) is 0 Å². The summed E-state index contributed by atoms with van der Waals surface area (Å²) in [4.78, 5) is 32.8. The number of rotatable bonds is 5. The van der Waals surface area contributed by atoms with Crippen LogP contribution in [0.15, 0.2) is 24.3 Å². The molecule has 1 amide bonds. The smallest absolute Gasteiger partial charge is 0.339 e. The number of hydrogen-bond donors (Lipinski definition) is 2. The second-order valence-electron chi connectivity index (χ2n) is 7.92. The van der Waals surface area contributed by atoms with Gasteiger partial charge in [0.05, 0.1) is 28.4 Å². The Balaban J connectivity index is 1.33. The first kappa shape index (κ1) is 19.7. The SMILES string of the molecule is O=C(CN1CCC[C@@H]1c1nc2ccccc2s1)Nc1sc2c(c1C(=O)O)CCCC2. The Morgan fingerprint density at radius 1 is 1.17 bits per heavy atom. The molecule has 1 saturated heterocycles. The summed E-state index contributed by atoms with van der Waals surface area (Å²) in [5, 5.41) is 14.2. The first-order valence-corrected chi connectivity index (χ1v) is 12.0. The minimum atomic E-state index is -0.946. The lowest BCUT2D eigenvalue weighted by Crippen LogP contribution is -2.33. The highest BCUT2D eigenvalue weighted by Gasteiger charge is 2.31. The third-order valence-corrected chi connectivity index (χ3v) is 8.29. The number of thiophene rings is 1. The lowest BCUT2D eigenvalue weighted by atomic mass is 9.95. The van der Waals surface area contributed by atoms with Gasteiger partial charge in [0.2, 0.25) is 5.91 Å².